The molecule has 0 saturated carbocycles. The smallest absolute Gasteiger partial charge is 0.0568 e. The number of aromatic nitrogens is 2. The molecule has 0 radical (unpaired) electrons. The van der Waals surface area contributed by atoms with Gasteiger partial charge in [-0.25, -0.2) is 0 Å². The zero-order valence-electron chi connectivity index (χ0n) is 10.5. The average molecular weight is 226 g/mol. The number of benzene rings is 1. The lowest BCUT2D eigenvalue weighted by Gasteiger charge is -2.25. The molecule has 0 spiro atoms. The maximum absolute atomic E-state index is 4.28. The minimum Gasteiger partial charge on any atom is -0.275 e. The van der Waals surface area contributed by atoms with Crippen molar-refractivity contribution in [2.24, 2.45) is 7.05 Å². The number of fused-ring (bicyclic) bond motifs is 1. The molecule has 1 aromatic heterocycles. The summed E-state index contributed by atoms with van der Waals surface area (Å²) >= 11 is 0. The number of hydrogen-bond donors (Lipinski definition) is 0. The molecule has 88 valence electrons. The highest BCUT2D eigenvalue weighted by Crippen LogP contribution is 2.38. The van der Waals surface area contributed by atoms with Gasteiger partial charge in [-0.1, -0.05) is 25.1 Å². The highest BCUT2D eigenvalue weighted by Gasteiger charge is 2.20. The normalized spacial score (nSPS) is 19.1. The van der Waals surface area contributed by atoms with E-state index in [2.05, 4.69) is 36.4 Å². The van der Waals surface area contributed by atoms with Crippen molar-refractivity contribution < 1.29 is 0 Å². The Kier molecular flexibility index (Phi) is 2.50. The van der Waals surface area contributed by atoms with Gasteiger partial charge in [-0.05, 0) is 41.9 Å². The molecule has 2 heteroatoms. The predicted molar refractivity (Wildman–Crippen MR) is 70.0 cm³/mol. The molecule has 0 saturated heterocycles. The third-order valence-corrected chi connectivity index (χ3v) is 3.79. The molecule has 3 rings (SSSR count). The first-order valence-corrected chi connectivity index (χ1v) is 6.36. The van der Waals surface area contributed by atoms with Crippen molar-refractivity contribution in [1.82, 2.24) is 9.78 Å². The first kappa shape index (κ1) is 10.6. The Morgan fingerprint density at radius 1 is 1.35 bits per heavy atom. The van der Waals surface area contributed by atoms with Crippen LogP contribution in [0.3, 0.4) is 0 Å². The molecule has 0 bridgehead atoms. The molecule has 0 fully saturated rings. The van der Waals surface area contributed by atoms with E-state index in [0.29, 0.717) is 5.92 Å². The topological polar surface area (TPSA) is 17.8 Å². The van der Waals surface area contributed by atoms with E-state index in [9.17, 15) is 0 Å². The Hall–Kier alpha value is -1.57. The summed E-state index contributed by atoms with van der Waals surface area (Å²) in [6, 6.07) is 6.70. The fraction of sp³-hybridized carbons (Fsp3) is 0.400. The van der Waals surface area contributed by atoms with E-state index in [1.807, 2.05) is 17.9 Å². The summed E-state index contributed by atoms with van der Waals surface area (Å²) in [7, 11) is 1.97. The number of rotatable bonds is 1. The fourth-order valence-corrected chi connectivity index (χ4v) is 2.97. The molecule has 0 N–H and O–H groups in total. The highest BCUT2D eigenvalue weighted by molar-refractivity contribution is 5.68. The van der Waals surface area contributed by atoms with Crippen LogP contribution in [0, 0.1) is 0 Å². The Bertz CT molecular complexity index is 540. The van der Waals surface area contributed by atoms with E-state index in [0.717, 1.165) is 0 Å². The molecule has 0 unspecified atom stereocenters. The van der Waals surface area contributed by atoms with E-state index in [1.165, 1.54) is 36.0 Å². The van der Waals surface area contributed by atoms with Crippen molar-refractivity contribution in [3.05, 3.63) is 41.7 Å². The molecule has 2 nitrogen and oxygen atoms in total. The third-order valence-electron chi connectivity index (χ3n) is 3.79. The molecule has 1 heterocycles. The molecule has 0 aliphatic heterocycles. The van der Waals surface area contributed by atoms with Gasteiger partial charge in [0, 0.05) is 18.8 Å². The van der Waals surface area contributed by atoms with Gasteiger partial charge in [0.15, 0.2) is 0 Å². The second-order valence-electron chi connectivity index (χ2n) is 5.07. The first-order valence-electron chi connectivity index (χ1n) is 6.36. The quantitative estimate of drug-likeness (QED) is 0.727. The van der Waals surface area contributed by atoms with E-state index < -0.39 is 0 Å². The molecule has 17 heavy (non-hydrogen) atoms. The molecule has 1 atom stereocenters. The summed E-state index contributed by atoms with van der Waals surface area (Å²) in [5.41, 5.74) is 5.71. The average Bonchev–Trinajstić information content (AvgIpc) is 2.75. The minimum absolute atomic E-state index is 0.676. The van der Waals surface area contributed by atoms with Gasteiger partial charge in [0.1, 0.15) is 0 Å². The summed E-state index contributed by atoms with van der Waals surface area (Å²) in [5, 5.41) is 4.28. The third kappa shape index (κ3) is 1.78. The van der Waals surface area contributed by atoms with Gasteiger partial charge in [0.05, 0.1) is 6.20 Å². The van der Waals surface area contributed by atoms with Crippen LogP contribution in [0.25, 0.3) is 11.1 Å². The summed E-state index contributed by atoms with van der Waals surface area (Å²) in [6.07, 6.45) is 7.94. The van der Waals surface area contributed by atoms with Crippen molar-refractivity contribution in [2.45, 2.75) is 32.1 Å². The van der Waals surface area contributed by atoms with Crippen molar-refractivity contribution in [2.75, 3.05) is 0 Å². The number of nitrogens with zero attached hydrogens (tertiary/aromatic N) is 2. The van der Waals surface area contributed by atoms with Crippen LogP contribution in [0.5, 0.6) is 0 Å². The molecule has 1 aliphatic rings. The van der Waals surface area contributed by atoms with Crippen LogP contribution in [-0.2, 0) is 13.5 Å². The van der Waals surface area contributed by atoms with Crippen LogP contribution in [0.4, 0.5) is 0 Å². The number of hydrogen-bond acceptors (Lipinski definition) is 1. The maximum atomic E-state index is 4.28. The molecular formula is C15H18N2. The highest BCUT2D eigenvalue weighted by atomic mass is 15.2. The van der Waals surface area contributed by atoms with E-state index in [-0.39, 0.29) is 0 Å². The van der Waals surface area contributed by atoms with Crippen LogP contribution in [-0.4, -0.2) is 9.78 Å². The van der Waals surface area contributed by atoms with Gasteiger partial charge in [0.25, 0.3) is 0 Å². The summed E-state index contributed by atoms with van der Waals surface area (Å²) in [6.45, 7) is 2.35. The zero-order valence-corrected chi connectivity index (χ0v) is 10.5. The van der Waals surface area contributed by atoms with Crippen molar-refractivity contribution >= 4 is 0 Å². The fourth-order valence-electron chi connectivity index (χ4n) is 2.97. The predicted octanol–water partition coefficient (Wildman–Crippen LogP) is 3.53. The van der Waals surface area contributed by atoms with Gasteiger partial charge in [0.2, 0.25) is 0 Å². The van der Waals surface area contributed by atoms with Gasteiger partial charge >= 0.3 is 0 Å². The summed E-state index contributed by atoms with van der Waals surface area (Å²) < 4.78 is 1.88. The lowest BCUT2D eigenvalue weighted by atomic mass is 9.80. The SMILES string of the molecule is C[C@H]1CCCc2cccc(-c3cnn(C)c3)c21. The first-order chi connectivity index (χ1) is 8.25. The Morgan fingerprint density at radius 3 is 3.00 bits per heavy atom. The van der Waals surface area contributed by atoms with E-state index in [1.54, 1.807) is 5.56 Å². The maximum Gasteiger partial charge on any atom is 0.0568 e. The Balaban J connectivity index is 2.17. The van der Waals surface area contributed by atoms with Gasteiger partial charge in [-0.15, -0.1) is 0 Å². The van der Waals surface area contributed by atoms with Gasteiger partial charge < -0.3 is 0 Å². The molecular weight excluding hydrogens is 208 g/mol. The van der Waals surface area contributed by atoms with Crippen LogP contribution < -0.4 is 0 Å². The molecule has 1 aromatic carbocycles. The van der Waals surface area contributed by atoms with Crippen molar-refractivity contribution in [3.8, 4) is 11.1 Å². The van der Waals surface area contributed by atoms with Gasteiger partial charge in [-0.2, -0.15) is 5.10 Å². The number of aryl methyl sites for hydroxylation is 2. The van der Waals surface area contributed by atoms with Crippen molar-refractivity contribution in [1.29, 1.82) is 0 Å². The summed E-state index contributed by atoms with van der Waals surface area (Å²) in [5.74, 6) is 0.676. The molecule has 2 aromatic rings. The van der Waals surface area contributed by atoms with Crippen LogP contribution >= 0.6 is 0 Å². The van der Waals surface area contributed by atoms with Crippen molar-refractivity contribution in [3.63, 3.8) is 0 Å². The lowest BCUT2D eigenvalue weighted by molar-refractivity contribution is 0.591. The lowest BCUT2D eigenvalue weighted by Crippen LogP contribution is -2.08. The van der Waals surface area contributed by atoms with E-state index >= 15 is 0 Å². The largest absolute Gasteiger partial charge is 0.275 e. The summed E-state index contributed by atoms with van der Waals surface area (Å²) in [4.78, 5) is 0. The minimum atomic E-state index is 0.676. The monoisotopic (exact) mass is 226 g/mol. The van der Waals surface area contributed by atoms with Gasteiger partial charge in [-0.3, -0.25) is 4.68 Å². The van der Waals surface area contributed by atoms with Crippen LogP contribution in [0.1, 0.15) is 36.8 Å². The van der Waals surface area contributed by atoms with Crippen LogP contribution in [0.15, 0.2) is 30.6 Å². The second kappa shape index (κ2) is 4.02. The molecule has 0 amide bonds. The Morgan fingerprint density at radius 2 is 2.24 bits per heavy atom. The van der Waals surface area contributed by atoms with E-state index in [4.69, 9.17) is 0 Å². The standard InChI is InChI=1S/C15H18N2/c1-11-5-3-6-12-7-4-8-14(15(11)12)13-9-16-17(2)10-13/h4,7-11H,3,5-6H2,1-2H3/t11-/m0/s1. The second-order valence-corrected chi connectivity index (χ2v) is 5.07. The zero-order chi connectivity index (χ0) is 11.8. The van der Waals surface area contributed by atoms with Crippen LogP contribution in [0.2, 0.25) is 0 Å². The molecule has 1 aliphatic carbocycles. The Labute approximate surface area is 102 Å².